The maximum Gasteiger partial charge on any atom is 0.226 e. The molecular weight excluding hydrogens is 243 g/mol. The van der Waals surface area contributed by atoms with Crippen molar-refractivity contribution in [2.24, 2.45) is 0 Å². The van der Waals surface area contributed by atoms with Gasteiger partial charge in [0, 0.05) is 26.8 Å². The van der Waals surface area contributed by atoms with Crippen molar-refractivity contribution < 1.29 is 4.39 Å². The summed E-state index contributed by atoms with van der Waals surface area (Å²) in [4.78, 5) is 10.4. The summed E-state index contributed by atoms with van der Waals surface area (Å²) in [6, 6.07) is 8.37. The number of nitrogens with zero attached hydrogens (tertiary/aromatic N) is 3. The third kappa shape index (κ3) is 3.91. The first-order valence-corrected chi connectivity index (χ1v) is 6.14. The van der Waals surface area contributed by atoms with Gasteiger partial charge in [0.15, 0.2) is 0 Å². The number of nitrogens with one attached hydrogen (secondary N) is 1. The summed E-state index contributed by atoms with van der Waals surface area (Å²) >= 11 is 0. The van der Waals surface area contributed by atoms with Crippen LogP contribution in [0.1, 0.15) is 5.56 Å². The Hall–Kier alpha value is -2.17. The molecule has 0 bridgehead atoms. The standard InChI is InChI=1S/C14H17FN4/c1-19(2)14-17-10-8-13(18-14)16-9-7-11-3-5-12(15)6-4-11/h3-6,8,10H,7,9H2,1-2H3,(H,16,17,18). The number of benzene rings is 1. The monoisotopic (exact) mass is 260 g/mol. The normalized spacial score (nSPS) is 10.3. The summed E-state index contributed by atoms with van der Waals surface area (Å²) < 4.78 is 12.8. The van der Waals surface area contributed by atoms with Crippen LogP contribution >= 0.6 is 0 Å². The maximum absolute atomic E-state index is 12.8. The number of halogens is 1. The minimum atomic E-state index is -0.205. The van der Waals surface area contributed by atoms with Crippen molar-refractivity contribution in [3.63, 3.8) is 0 Å². The summed E-state index contributed by atoms with van der Waals surface area (Å²) in [5, 5.41) is 3.23. The van der Waals surface area contributed by atoms with Gasteiger partial charge >= 0.3 is 0 Å². The van der Waals surface area contributed by atoms with E-state index in [2.05, 4.69) is 15.3 Å². The van der Waals surface area contributed by atoms with E-state index >= 15 is 0 Å². The number of aromatic nitrogens is 2. The van der Waals surface area contributed by atoms with Crippen LogP contribution in [0.4, 0.5) is 16.2 Å². The zero-order valence-corrected chi connectivity index (χ0v) is 11.1. The van der Waals surface area contributed by atoms with E-state index < -0.39 is 0 Å². The predicted molar refractivity (Wildman–Crippen MR) is 75.0 cm³/mol. The molecule has 0 radical (unpaired) electrons. The molecule has 1 aromatic heterocycles. The Morgan fingerprint density at radius 2 is 1.89 bits per heavy atom. The van der Waals surface area contributed by atoms with Gasteiger partial charge in [-0.1, -0.05) is 12.1 Å². The molecule has 5 heteroatoms. The van der Waals surface area contributed by atoms with Crippen molar-refractivity contribution in [3.8, 4) is 0 Å². The molecular formula is C14H17FN4. The second-order valence-corrected chi connectivity index (χ2v) is 4.44. The van der Waals surface area contributed by atoms with Gasteiger partial charge in [-0.05, 0) is 30.2 Å². The van der Waals surface area contributed by atoms with Gasteiger partial charge < -0.3 is 10.2 Å². The van der Waals surface area contributed by atoms with Crippen LogP contribution in [0.15, 0.2) is 36.5 Å². The van der Waals surface area contributed by atoms with E-state index in [1.165, 1.54) is 12.1 Å². The molecule has 0 spiro atoms. The van der Waals surface area contributed by atoms with Crippen LogP contribution in [-0.2, 0) is 6.42 Å². The molecule has 19 heavy (non-hydrogen) atoms. The van der Waals surface area contributed by atoms with Gasteiger partial charge in [-0.3, -0.25) is 0 Å². The van der Waals surface area contributed by atoms with E-state index in [4.69, 9.17) is 0 Å². The fourth-order valence-corrected chi connectivity index (χ4v) is 1.65. The van der Waals surface area contributed by atoms with Gasteiger partial charge in [0.05, 0.1) is 0 Å². The largest absolute Gasteiger partial charge is 0.370 e. The van der Waals surface area contributed by atoms with E-state index in [9.17, 15) is 4.39 Å². The Morgan fingerprint density at radius 1 is 1.16 bits per heavy atom. The zero-order valence-electron chi connectivity index (χ0n) is 11.1. The van der Waals surface area contributed by atoms with Crippen LogP contribution in [0, 0.1) is 5.82 Å². The molecule has 2 aromatic rings. The Bertz CT molecular complexity index is 525. The average Bonchev–Trinajstić information content (AvgIpc) is 2.41. The predicted octanol–water partition coefficient (Wildman–Crippen LogP) is 2.34. The molecule has 0 atom stereocenters. The smallest absolute Gasteiger partial charge is 0.226 e. The van der Waals surface area contributed by atoms with E-state index in [1.807, 2.05) is 25.1 Å². The second kappa shape index (κ2) is 6.13. The van der Waals surface area contributed by atoms with Crippen molar-refractivity contribution in [1.29, 1.82) is 0 Å². The van der Waals surface area contributed by atoms with Crippen LogP contribution in [0.5, 0.6) is 0 Å². The third-order valence-electron chi connectivity index (χ3n) is 2.68. The molecule has 1 heterocycles. The van der Waals surface area contributed by atoms with Crippen LogP contribution in [-0.4, -0.2) is 30.6 Å². The highest BCUT2D eigenvalue weighted by atomic mass is 19.1. The fraction of sp³-hybridized carbons (Fsp3) is 0.286. The van der Waals surface area contributed by atoms with Crippen molar-refractivity contribution in [3.05, 3.63) is 47.9 Å². The number of hydrogen-bond acceptors (Lipinski definition) is 4. The first-order chi connectivity index (χ1) is 9.15. The molecule has 0 saturated carbocycles. The molecule has 0 fully saturated rings. The minimum absolute atomic E-state index is 0.205. The van der Waals surface area contributed by atoms with E-state index in [1.54, 1.807) is 18.3 Å². The Labute approximate surface area is 112 Å². The molecule has 1 N–H and O–H groups in total. The SMILES string of the molecule is CN(C)c1nccc(NCCc2ccc(F)cc2)n1. The fourth-order valence-electron chi connectivity index (χ4n) is 1.65. The van der Waals surface area contributed by atoms with Crippen molar-refractivity contribution in [2.45, 2.75) is 6.42 Å². The molecule has 4 nitrogen and oxygen atoms in total. The molecule has 2 rings (SSSR count). The molecule has 0 aliphatic carbocycles. The molecule has 100 valence electrons. The minimum Gasteiger partial charge on any atom is -0.370 e. The molecule has 0 amide bonds. The number of hydrogen-bond donors (Lipinski definition) is 1. The summed E-state index contributed by atoms with van der Waals surface area (Å²) in [6.07, 6.45) is 2.55. The van der Waals surface area contributed by atoms with Gasteiger partial charge in [-0.15, -0.1) is 0 Å². The lowest BCUT2D eigenvalue weighted by Gasteiger charge is -2.11. The second-order valence-electron chi connectivity index (χ2n) is 4.44. The van der Waals surface area contributed by atoms with Crippen molar-refractivity contribution in [1.82, 2.24) is 9.97 Å². The molecule has 0 aliphatic heterocycles. The van der Waals surface area contributed by atoms with E-state index in [-0.39, 0.29) is 5.82 Å². The first kappa shape index (κ1) is 13.3. The first-order valence-electron chi connectivity index (χ1n) is 6.14. The van der Waals surface area contributed by atoms with Gasteiger partial charge in [0.1, 0.15) is 11.6 Å². The number of anilines is 2. The molecule has 0 aliphatic rings. The quantitative estimate of drug-likeness (QED) is 0.896. The summed E-state index contributed by atoms with van der Waals surface area (Å²) in [5.41, 5.74) is 1.09. The van der Waals surface area contributed by atoms with Crippen LogP contribution in [0.2, 0.25) is 0 Å². The highest BCUT2D eigenvalue weighted by Crippen LogP contribution is 2.08. The van der Waals surface area contributed by atoms with E-state index in [0.29, 0.717) is 5.95 Å². The Morgan fingerprint density at radius 3 is 2.58 bits per heavy atom. The van der Waals surface area contributed by atoms with Crippen molar-refractivity contribution in [2.75, 3.05) is 30.9 Å². The van der Waals surface area contributed by atoms with Gasteiger partial charge in [0.2, 0.25) is 5.95 Å². The zero-order chi connectivity index (χ0) is 13.7. The summed E-state index contributed by atoms with van der Waals surface area (Å²) in [5.74, 6) is 1.26. The molecule has 0 unspecified atom stereocenters. The lowest BCUT2D eigenvalue weighted by atomic mass is 10.1. The van der Waals surface area contributed by atoms with Gasteiger partial charge in [-0.25, -0.2) is 9.37 Å². The Balaban J connectivity index is 1.88. The summed E-state index contributed by atoms with van der Waals surface area (Å²) in [6.45, 7) is 0.746. The molecule has 0 saturated heterocycles. The van der Waals surface area contributed by atoms with Gasteiger partial charge in [-0.2, -0.15) is 4.98 Å². The van der Waals surface area contributed by atoms with Gasteiger partial charge in [0.25, 0.3) is 0 Å². The highest BCUT2D eigenvalue weighted by molar-refractivity contribution is 5.40. The highest BCUT2D eigenvalue weighted by Gasteiger charge is 2.00. The van der Waals surface area contributed by atoms with Crippen LogP contribution in [0.25, 0.3) is 0 Å². The lowest BCUT2D eigenvalue weighted by Crippen LogP contribution is -2.14. The third-order valence-corrected chi connectivity index (χ3v) is 2.68. The van der Waals surface area contributed by atoms with Crippen molar-refractivity contribution >= 4 is 11.8 Å². The van der Waals surface area contributed by atoms with Crippen LogP contribution < -0.4 is 10.2 Å². The average molecular weight is 260 g/mol. The van der Waals surface area contributed by atoms with E-state index in [0.717, 1.165) is 24.3 Å². The summed E-state index contributed by atoms with van der Waals surface area (Å²) in [7, 11) is 3.80. The topological polar surface area (TPSA) is 41.1 Å². The molecule has 1 aromatic carbocycles. The Kier molecular flexibility index (Phi) is 4.28. The maximum atomic E-state index is 12.8. The lowest BCUT2D eigenvalue weighted by molar-refractivity contribution is 0.627. The van der Waals surface area contributed by atoms with Crippen LogP contribution in [0.3, 0.4) is 0 Å². The number of rotatable bonds is 5.